The van der Waals surface area contributed by atoms with Gasteiger partial charge in [0, 0.05) is 18.7 Å². The SMILES string of the molecule is CC1(CNc2c(-c3c(F)cc(F)cc3F)c(Cl)nc3ncnn23)NN1. The Balaban J connectivity index is 1.94. The van der Waals surface area contributed by atoms with Gasteiger partial charge in [0.15, 0.2) is 0 Å². The van der Waals surface area contributed by atoms with Crippen molar-refractivity contribution in [3.05, 3.63) is 41.1 Å². The van der Waals surface area contributed by atoms with Crippen LogP contribution in [-0.2, 0) is 0 Å². The van der Waals surface area contributed by atoms with Crippen LogP contribution >= 0.6 is 11.6 Å². The lowest BCUT2D eigenvalue weighted by Gasteiger charge is -2.16. The van der Waals surface area contributed by atoms with Crippen LogP contribution in [0.15, 0.2) is 18.5 Å². The zero-order chi connectivity index (χ0) is 17.8. The lowest BCUT2D eigenvalue weighted by Crippen LogP contribution is -2.26. The highest BCUT2D eigenvalue weighted by Gasteiger charge is 2.36. The minimum Gasteiger partial charge on any atom is -0.366 e. The number of hydrogen-bond donors (Lipinski definition) is 3. The van der Waals surface area contributed by atoms with Gasteiger partial charge >= 0.3 is 0 Å². The second-order valence-electron chi connectivity index (χ2n) is 5.78. The Labute approximate surface area is 144 Å². The van der Waals surface area contributed by atoms with Gasteiger partial charge in [0.25, 0.3) is 5.78 Å². The maximum atomic E-state index is 14.3. The summed E-state index contributed by atoms with van der Waals surface area (Å²) in [5, 5.41) is 6.86. The van der Waals surface area contributed by atoms with Crippen molar-refractivity contribution in [1.82, 2.24) is 30.4 Å². The van der Waals surface area contributed by atoms with Crippen molar-refractivity contribution in [2.45, 2.75) is 12.6 Å². The van der Waals surface area contributed by atoms with E-state index in [0.717, 1.165) is 0 Å². The van der Waals surface area contributed by atoms with Crippen molar-refractivity contribution in [2.75, 3.05) is 11.9 Å². The maximum Gasteiger partial charge on any atom is 0.255 e. The molecule has 3 N–H and O–H groups in total. The molecule has 7 nitrogen and oxygen atoms in total. The zero-order valence-corrected chi connectivity index (χ0v) is 13.5. The van der Waals surface area contributed by atoms with Crippen molar-refractivity contribution < 1.29 is 13.2 Å². The Morgan fingerprint density at radius 2 is 1.88 bits per heavy atom. The molecule has 1 saturated heterocycles. The highest BCUT2D eigenvalue weighted by atomic mass is 35.5. The molecule has 0 saturated carbocycles. The minimum atomic E-state index is -1.10. The summed E-state index contributed by atoms with van der Waals surface area (Å²) in [5.41, 5.74) is 4.89. The molecule has 4 rings (SSSR count). The Kier molecular flexibility index (Phi) is 3.56. The van der Waals surface area contributed by atoms with Crippen LogP contribution in [0.2, 0.25) is 5.15 Å². The Morgan fingerprint density at radius 1 is 1.20 bits per heavy atom. The predicted molar refractivity (Wildman–Crippen MR) is 84.3 cm³/mol. The van der Waals surface area contributed by atoms with E-state index in [1.54, 1.807) is 0 Å². The minimum absolute atomic E-state index is 0.0704. The van der Waals surface area contributed by atoms with Gasteiger partial charge in [-0.15, -0.1) is 0 Å². The van der Waals surface area contributed by atoms with E-state index < -0.39 is 23.0 Å². The summed E-state index contributed by atoms with van der Waals surface area (Å²) >= 11 is 6.16. The molecule has 3 aromatic rings. The summed E-state index contributed by atoms with van der Waals surface area (Å²) < 4.78 is 43.1. The van der Waals surface area contributed by atoms with E-state index in [4.69, 9.17) is 11.6 Å². The van der Waals surface area contributed by atoms with Gasteiger partial charge in [-0.25, -0.2) is 24.0 Å². The normalized spacial score (nSPS) is 15.6. The molecule has 3 heterocycles. The third-order valence-electron chi connectivity index (χ3n) is 3.80. The Bertz CT molecular complexity index is 963. The van der Waals surface area contributed by atoms with Crippen LogP contribution in [0, 0.1) is 17.5 Å². The molecular formula is C14H11ClF3N7. The summed E-state index contributed by atoms with van der Waals surface area (Å²) in [7, 11) is 0. The van der Waals surface area contributed by atoms with Crippen molar-refractivity contribution in [2.24, 2.45) is 0 Å². The number of fused-ring (bicyclic) bond motifs is 1. The van der Waals surface area contributed by atoms with E-state index in [1.807, 2.05) is 6.92 Å². The van der Waals surface area contributed by atoms with Crippen LogP contribution < -0.4 is 16.2 Å². The van der Waals surface area contributed by atoms with E-state index in [-0.39, 0.29) is 28.0 Å². The molecule has 11 heteroatoms. The van der Waals surface area contributed by atoms with Crippen LogP contribution in [0.25, 0.3) is 16.9 Å². The molecule has 1 aliphatic rings. The number of nitrogens with one attached hydrogen (secondary N) is 3. The lowest BCUT2D eigenvalue weighted by atomic mass is 10.1. The molecular weight excluding hydrogens is 359 g/mol. The van der Waals surface area contributed by atoms with E-state index in [0.29, 0.717) is 18.7 Å². The molecule has 0 spiro atoms. The lowest BCUT2D eigenvalue weighted by molar-refractivity contribution is 0.548. The topological polar surface area (TPSA) is 99.0 Å². The van der Waals surface area contributed by atoms with Gasteiger partial charge in [0.05, 0.1) is 11.1 Å². The van der Waals surface area contributed by atoms with Crippen LogP contribution in [0.5, 0.6) is 0 Å². The van der Waals surface area contributed by atoms with E-state index >= 15 is 0 Å². The fraction of sp³-hybridized carbons (Fsp3) is 0.214. The number of hydrogen-bond acceptors (Lipinski definition) is 6. The number of anilines is 1. The molecule has 1 aliphatic heterocycles. The second kappa shape index (κ2) is 5.55. The molecule has 0 radical (unpaired) electrons. The van der Waals surface area contributed by atoms with Crippen LogP contribution in [-0.4, -0.2) is 31.8 Å². The molecule has 0 unspecified atom stereocenters. The summed E-state index contributed by atoms with van der Waals surface area (Å²) in [6, 6.07) is 1.16. The fourth-order valence-corrected chi connectivity index (χ4v) is 2.70. The molecule has 2 aromatic heterocycles. The summed E-state index contributed by atoms with van der Waals surface area (Å²) in [6.45, 7) is 2.22. The van der Waals surface area contributed by atoms with E-state index in [1.165, 1.54) is 10.8 Å². The quantitative estimate of drug-likeness (QED) is 0.481. The monoisotopic (exact) mass is 369 g/mol. The van der Waals surface area contributed by atoms with Gasteiger partial charge < -0.3 is 5.32 Å². The van der Waals surface area contributed by atoms with Crippen LogP contribution in [0.3, 0.4) is 0 Å². The Morgan fingerprint density at radius 3 is 2.52 bits per heavy atom. The van der Waals surface area contributed by atoms with Gasteiger partial charge in [0.2, 0.25) is 0 Å². The molecule has 130 valence electrons. The first-order valence-electron chi connectivity index (χ1n) is 7.20. The standard InChI is InChI=1S/C14H11ClF3N7/c1-14(23-24-14)4-19-12-10(9-7(17)2-6(16)3-8(9)18)11(15)22-13-20-5-21-25(12)13/h2-3,5,19,23-24H,4H2,1H3. The summed E-state index contributed by atoms with van der Waals surface area (Å²) in [6.07, 6.45) is 1.24. The second-order valence-corrected chi connectivity index (χ2v) is 6.14. The molecule has 0 amide bonds. The molecule has 25 heavy (non-hydrogen) atoms. The molecule has 0 aliphatic carbocycles. The van der Waals surface area contributed by atoms with Crippen molar-refractivity contribution in [3.8, 4) is 11.1 Å². The number of nitrogens with zero attached hydrogens (tertiary/aromatic N) is 4. The van der Waals surface area contributed by atoms with Crippen molar-refractivity contribution in [1.29, 1.82) is 0 Å². The smallest absolute Gasteiger partial charge is 0.255 e. The number of aromatic nitrogens is 4. The number of benzene rings is 1. The fourth-order valence-electron chi connectivity index (χ4n) is 2.44. The first-order valence-corrected chi connectivity index (χ1v) is 7.58. The molecule has 0 atom stereocenters. The van der Waals surface area contributed by atoms with Crippen LogP contribution in [0.1, 0.15) is 6.92 Å². The molecule has 1 aromatic carbocycles. The van der Waals surface area contributed by atoms with Gasteiger partial charge in [-0.3, -0.25) is 0 Å². The predicted octanol–water partition coefficient (Wildman–Crippen LogP) is 2.10. The largest absolute Gasteiger partial charge is 0.366 e. The van der Waals surface area contributed by atoms with Gasteiger partial charge in [-0.05, 0) is 6.92 Å². The summed E-state index contributed by atoms with van der Waals surface area (Å²) in [5.74, 6) is -2.89. The molecule has 0 bridgehead atoms. The maximum absolute atomic E-state index is 14.3. The highest BCUT2D eigenvalue weighted by molar-refractivity contribution is 6.33. The average Bonchev–Trinajstić information content (AvgIpc) is 3.08. The van der Waals surface area contributed by atoms with Gasteiger partial charge in [-0.2, -0.15) is 19.6 Å². The zero-order valence-electron chi connectivity index (χ0n) is 12.7. The third kappa shape index (κ3) is 2.77. The first kappa shape index (κ1) is 16.1. The van der Waals surface area contributed by atoms with Crippen molar-refractivity contribution >= 4 is 23.2 Å². The van der Waals surface area contributed by atoms with E-state index in [2.05, 4.69) is 31.2 Å². The first-order chi connectivity index (χ1) is 11.9. The Hall–Kier alpha value is -2.43. The van der Waals surface area contributed by atoms with Gasteiger partial charge in [-0.1, -0.05) is 11.6 Å². The summed E-state index contributed by atoms with van der Waals surface area (Å²) in [4.78, 5) is 7.93. The number of hydrazine groups is 1. The third-order valence-corrected chi connectivity index (χ3v) is 4.07. The average molecular weight is 370 g/mol. The van der Waals surface area contributed by atoms with Crippen LogP contribution in [0.4, 0.5) is 19.0 Å². The van der Waals surface area contributed by atoms with E-state index in [9.17, 15) is 13.2 Å². The number of halogens is 4. The highest BCUT2D eigenvalue weighted by Crippen LogP contribution is 2.37. The van der Waals surface area contributed by atoms with Gasteiger partial charge in [0.1, 0.15) is 40.4 Å². The molecule has 1 fully saturated rings. The number of rotatable bonds is 4. The van der Waals surface area contributed by atoms with Crippen molar-refractivity contribution in [3.63, 3.8) is 0 Å².